The second-order valence-corrected chi connectivity index (χ2v) is 8.33. The van der Waals surface area contributed by atoms with Crippen LogP contribution in [0.4, 0.5) is 0 Å². The molecule has 0 unspecified atom stereocenters. The summed E-state index contributed by atoms with van der Waals surface area (Å²) in [4.78, 5) is 29.2. The second-order valence-electron chi connectivity index (χ2n) is 8.33. The average molecular weight is 350 g/mol. The third-order valence-electron chi connectivity index (χ3n) is 6.45. The van der Waals surface area contributed by atoms with E-state index in [1.807, 2.05) is 9.80 Å². The van der Waals surface area contributed by atoms with Crippen LogP contribution >= 0.6 is 0 Å². The van der Waals surface area contributed by atoms with Crippen LogP contribution in [0.1, 0.15) is 70.6 Å². The molecule has 25 heavy (non-hydrogen) atoms. The van der Waals surface area contributed by atoms with Gasteiger partial charge >= 0.3 is 0 Å². The molecule has 142 valence electrons. The van der Waals surface area contributed by atoms with E-state index in [9.17, 15) is 9.59 Å². The lowest BCUT2D eigenvalue weighted by molar-refractivity contribution is -0.142. The third kappa shape index (κ3) is 4.96. The minimum atomic E-state index is -0.350. The maximum Gasteiger partial charge on any atom is 0.239 e. The number of hydrogen-bond acceptors (Lipinski definition) is 3. The van der Waals surface area contributed by atoms with Crippen molar-refractivity contribution >= 4 is 11.8 Å². The average Bonchev–Trinajstić information content (AvgIpc) is 2.68. The summed E-state index contributed by atoms with van der Waals surface area (Å²) >= 11 is 0. The molecule has 0 spiro atoms. The molecule has 0 bridgehead atoms. The van der Waals surface area contributed by atoms with Crippen LogP contribution in [0, 0.1) is 11.8 Å². The molecular formula is C20H35N3O2. The Bertz CT molecular complexity index is 448. The number of nitrogens with zero attached hydrogens (tertiary/aromatic N) is 2. The first-order chi connectivity index (χ1) is 12.1. The van der Waals surface area contributed by atoms with E-state index in [-0.39, 0.29) is 17.9 Å². The Morgan fingerprint density at radius 3 is 2.04 bits per heavy atom. The number of likely N-dealkylation sites (tertiary alicyclic amines) is 2. The van der Waals surface area contributed by atoms with E-state index in [1.54, 1.807) is 0 Å². The summed E-state index contributed by atoms with van der Waals surface area (Å²) in [5.41, 5.74) is 6.22. The highest BCUT2D eigenvalue weighted by atomic mass is 16.2. The van der Waals surface area contributed by atoms with Crippen LogP contribution in [0.15, 0.2) is 0 Å². The number of nitrogens with two attached hydrogens (primary N) is 1. The zero-order valence-corrected chi connectivity index (χ0v) is 15.6. The second kappa shape index (κ2) is 9.02. The lowest BCUT2D eigenvalue weighted by atomic mass is 9.84. The normalized spacial score (nSPS) is 25.0. The van der Waals surface area contributed by atoms with Gasteiger partial charge in [0.25, 0.3) is 0 Å². The van der Waals surface area contributed by atoms with Gasteiger partial charge in [0.15, 0.2) is 0 Å². The Morgan fingerprint density at radius 2 is 1.40 bits per heavy atom. The predicted molar refractivity (Wildman–Crippen MR) is 98.9 cm³/mol. The van der Waals surface area contributed by atoms with Crippen LogP contribution in [0.25, 0.3) is 0 Å². The van der Waals surface area contributed by atoms with E-state index >= 15 is 0 Å². The first kappa shape index (κ1) is 18.7. The molecule has 5 heteroatoms. The van der Waals surface area contributed by atoms with Gasteiger partial charge in [-0.3, -0.25) is 9.59 Å². The van der Waals surface area contributed by atoms with Gasteiger partial charge in [-0.25, -0.2) is 0 Å². The number of piperidine rings is 2. The number of amides is 2. The molecule has 1 atom stereocenters. The highest BCUT2D eigenvalue weighted by Crippen LogP contribution is 2.28. The molecule has 1 aliphatic carbocycles. The largest absolute Gasteiger partial charge is 0.342 e. The van der Waals surface area contributed by atoms with Crippen LogP contribution in [-0.2, 0) is 9.59 Å². The molecule has 2 aliphatic heterocycles. The smallest absolute Gasteiger partial charge is 0.239 e. The SMILES string of the molecule is N[C@@H](CC1CCCCC1)C(=O)N1CCC(C(=O)N2CCCCC2)CC1. The fourth-order valence-electron chi connectivity index (χ4n) is 4.84. The van der Waals surface area contributed by atoms with E-state index in [1.165, 1.54) is 38.5 Å². The molecular weight excluding hydrogens is 314 g/mol. The van der Waals surface area contributed by atoms with E-state index in [4.69, 9.17) is 5.73 Å². The van der Waals surface area contributed by atoms with Crippen molar-refractivity contribution in [2.45, 2.75) is 76.7 Å². The van der Waals surface area contributed by atoms with Gasteiger partial charge in [-0.2, -0.15) is 0 Å². The van der Waals surface area contributed by atoms with Crippen molar-refractivity contribution < 1.29 is 9.59 Å². The molecule has 0 aromatic carbocycles. The molecule has 3 fully saturated rings. The highest BCUT2D eigenvalue weighted by Gasteiger charge is 2.32. The molecule has 3 rings (SSSR count). The van der Waals surface area contributed by atoms with E-state index in [2.05, 4.69) is 0 Å². The van der Waals surface area contributed by atoms with Gasteiger partial charge < -0.3 is 15.5 Å². The van der Waals surface area contributed by atoms with Gasteiger partial charge in [0.1, 0.15) is 0 Å². The minimum Gasteiger partial charge on any atom is -0.342 e. The Morgan fingerprint density at radius 1 is 0.800 bits per heavy atom. The number of carbonyl (C=O) groups excluding carboxylic acids is 2. The summed E-state index contributed by atoms with van der Waals surface area (Å²) < 4.78 is 0. The van der Waals surface area contributed by atoms with Crippen LogP contribution in [-0.4, -0.2) is 53.8 Å². The Hall–Kier alpha value is -1.10. The molecule has 2 N–H and O–H groups in total. The van der Waals surface area contributed by atoms with E-state index in [0.717, 1.165) is 45.2 Å². The lowest BCUT2D eigenvalue weighted by Gasteiger charge is -2.36. The van der Waals surface area contributed by atoms with Crippen molar-refractivity contribution in [2.24, 2.45) is 17.6 Å². The summed E-state index contributed by atoms with van der Waals surface area (Å²) in [5.74, 6) is 1.16. The van der Waals surface area contributed by atoms with Crippen molar-refractivity contribution in [2.75, 3.05) is 26.2 Å². The monoisotopic (exact) mass is 349 g/mol. The molecule has 0 radical (unpaired) electrons. The van der Waals surface area contributed by atoms with Gasteiger partial charge in [0.05, 0.1) is 6.04 Å². The summed E-state index contributed by atoms with van der Waals surface area (Å²) in [5, 5.41) is 0. The van der Waals surface area contributed by atoms with Crippen LogP contribution < -0.4 is 5.73 Å². The Kier molecular flexibility index (Phi) is 6.74. The zero-order chi connectivity index (χ0) is 17.6. The predicted octanol–water partition coefficient (Wildman–Crippen LogP) is 2.54. The first-order valence-corrected chi connectivity index (χ1v) is 10.5. The van der Waals surface area contributed by atoms with Gasteiger partial charge in [0, 0.05) is 32.1 Å². The van der Waals surface area contributed by atoms with Crippen molar-refractivity contribution in [3.63, 3.8) is 0 Å². The van der Waals surface area contributed by atoms with Gasteiger partial charge in [0.2, 0.25) is 11.8 Å². The summed E-state index contributed by atoms with van der Waals surface area (Å²) in [6, 6.07) is -0.350. The lowest BCUT2D eigenvalue weighted by Crippen LogP contribution is -2.50. The molecule has 0 aromatic heterocycles. The number of hydrogen-bond donors (Lipinski definition) is 1. The molecule has 2 saturated heterocycles. The summed E-state index contributed by atoms with van der Waals surface area (Å²) in [6.45, 7) is 3.23. The number of carbonyl (C=O) groups is 2. The molecule has 1 saturated carbocycles. The molecule has 3 aliphatic rings. The van der Waals surface area contributed by atoms with Crippen LogP contribution in [0.3, 0.4) is 0 Å². The highest BCUT2D eigenvalue weighted by molar-refractivity contribution is 5.83. The van der Waals surface area contributed by atoms with Crippen molar-refractivity contribution in [1.82, 2.24) is 9.80 Å². The minimum absolute atomic E-state index is 0.106. The van der Waals surface area contributed by atoms with Crippen molar-refractivity contribution in [1.29, 1.82) is 0 Å². The summed E-state index contributed by atoms with van der Waals surface area (Å²) in [6.07, 6.45) is 12.3. The third-order valence-corrected chi connectivity index (χ3v) is 6.45. The van der Waals surface area contributed by atoms with Gasteiger partial charge in [-0.05, 0) is 44.4 Å². The fraction of sp³-hybridized carbons (Fsp3) is 0.900. The van der Waals surface area contributed by atoms with E-state index < -0.39 is 0 Å². The maximum atomic E-state index is 12.7. The number of rotatable bonds is 4. The molecule has 2 heterocycles. The van der Waals surface area contributed by atoms with Gasteiger partial charge in [-0.1, -0.05) is 32.1 Å². The van der Waals surface area contributed by atoms with Crippen molar-refractivity contribution in [3.05, 3.63) is 0 Å². The molecule has 5 nitrogen and oxygen atoms in total. The van der Waals surface area contributed by atoms with Crippen molar-refractivity contribution in [3.8, 4) is 0 Å². The zero-order valence-electron chi connectivity index (χ0n) is 15.6. The maximum absolute atomic E-state index is 12.7. The van der Waals surface area contributed by atoms with Gasteiger partial charge in [-0.15, -0.1) is 0 Å². The van der Waals surface area contributed by atoms with E-state index in [0.29, 0.717) is 24.9 Å². The Labute approximate surface area is 152 Å². The summed E-state index contributed by atoms with van der Waals surface area (Å²) in [7, 11) is 0. The topological polar surface area (TPSA) is 66.6 Å². The van der Waals surface area contributed by atoms with Crippen LogP contribution in [0.2, 0.25) is 0 Å². The quantitative estimate of drug-likeness (QED) is 0.848. The van der Waals surface area contributed by atoms with Crippen LogP contribution in [0.5, 0.6) is 0 Å². The Balaban J connectivity index is 1.42. The first-order valence-electron chi connectivity index (χ1n) is 10.5. The molecule has 0 aromatic rings. The standard InChI is InChI=1S/C20H35N3O2/c21-18(15-16-7-3-1-4-8-16)20(25)23-13-9-17(10-14-23)19(24)22-11-5-2-6-12-22/h16-18H,1-15,21H2/t18-/m0/s1. The molecule has 2 amide bonds. The fourth-order valence-corrected chi connectivity index (χ4v) is 4.84.